The second-order valence-electron chi connectivity index (χ2n) is 5.82. The third-order valence-electron chi connectivity index (χ3n) is 4.77. The van der Waals surface area contributed by atoms with Crippen molar-refractivity contribution in [1.82, 2.24) is 10.6 Å². The van der Waals surface area contributed by atoms with Gasteiger partial charge in [-0.15, -0.1) is 0 Å². The van der Waals surface area contributed by atoms with Crippen LogP contribution in [0, 0.1) is 5.41 Å². The summed E-state index contributed by atoms with van der Waals surface area (Å²) in [6.07, 6.45) is 6.31. The van der Waals surface area contributed by atoms with Crippen LogP contribution in [0.1, 0.15) is 51.9 Å². The van der Waals surface area contributed by atoms with Gasteiger partial charge in [0, 0.05) is 0 Å². The molecule has 18 heavy (non-hydrogen) atoms. The number of rotatable bonds is 3. The second kappa shape index (κ2) is 6.02. The fourth-order valence-corrected chi connectivity index (χ4v) is 3.25. The summed E-state index contributed by atoms with van der Waals surface area (Å²) in [6.45, 7) is 3.95. The van der Waals surface area contributed by atoms with Crippen molar-refractivity contribution in [2.45, 2.75) is 64.0 Å². The number of aliphatic hydroxyl groups excluding tert-OH is 1. The molecule has 1 saturated carbocycles. The first-order chi connectivity index (χ1) is 8.68. The molecule has 0 spiro atoms. The van der Waals surface area contributed by atoms with E-state index in [1.807, 2.05) is 0 Å². The van der Waals surface area contributed by atoms with Crippen molar-refractivity contribution in [2.24, 2.45) is 5.41 Å². The Hall–Kier alpha value is -0.610. The van der Waals surface area contributed by atoms with Crippen molar-refractivity contribution in [3.63, 3.8) is 0 Å². The molecule has 3 N–H and O–H groups in total. The van der Waals surface area contributed by atoms with E-state index in [4.69, 9.17) is 0 Å². The minimum atomic E-state index is -0.349. The second-order valence-corrected chi connectivity index (χ2v) is 5.82. The van der Waals surface area contributed by atoms with Crippen LogP contribution >= 0.6 is 0 Å². The third-order valence-corrected chi connectivity index (χ3v) is 4.77. The van der Waals surface area contributed by atoms with Crippen LogP contribution in [0.5, 0.6) is 0 Å². The summed E-state index contributed by atoms with van der Waals surface area (Å²) in [4.78, 5) is 12.5. The van der Waals surface area contributed by atoms with E-state index in [0.717, 1.165) is 58.0 Å². The summed E-state index contributed by atoms with van der Waals surface area (Å²) in [7, 11) is 0. The molecular weight excluding hydrogens is 228 g/mol. The van der Waals surface area contributed by atoms with E-state index in [2.05, 4.69) is 17.6 Å². The monoisotopic (exact) mass is 254 g/mol. The molecule has 1 saturated heterocycles. The molecule has 1 amide bonds. The van der Waals surface area contributed by atoms with Gasteiger partial charge < -0.3 is 15.7 Å². The van der Waals surface area contributed by atoms with Crippen LogP contribution in [0.4, 0.5) is 0 Å². The summed E-state index contributed by atoms with van der Waals surface area (Å²) in [5, 5.41) is 16.4. The highest BCUT2D eigenvalue weighted by molar-refractivity contribution is 5.83. The van der Waals surface area contributed by atoms with Crippen molar-refractivity contribution < 1.29 is 9.90 Å². The molecule has 2 unspecified atom stereocenters. The van der Waals surface area contributed by atoms with E-state index < -0.39 is 0 Å². The minimum absolute atomic E-state index is 0.0236. The number of amides is 1. The van der Waals surface area contributed by atoms with E-state index >= 15 is 0 Å². The maximum absolute atomic E-state index is 12.5. The van der Waals surface area contributed by atoms with Crippen molar-refractivity contribution >= 4 is 5.91 Å². The van der Waals surface area contributed by atoms with Crippen molar-refractivity contribution in [3.05, 3.63) is 0 Å². The van der Waals surface area contributed by atoms with Crippen LogP contribution in [0.3, 0.4) is 0 Å². The average molecular weight is 254 g/mol. The highest BCUT2D eigenvalue weighted by Gasteiger charge is 2.39. The average Bonchev–Trinajstić information content (AvgIpc) is 2.42. The van der Waals surface area contributed by atoms with Gasteiger partial charge in [-0.2, -0.15) is 0 Å². The zero-order valence-electron chi connectivity index (χ0n) is 11.4. The molecule has 2 rings (SSSR count). The predicted octanol–water partition coefficient (Wildman–Crippen LogP) is 1.19. The standard InChI is InChI=1S/C14H26N2O2/c1-2-14(7-9-15-10-8-14)13(18)16-11-5-3-4-6-12(11)17/h11-12,15,17H,2-10H2,1H3,(H,16,18). The van der Waals surface area contributed by atoms with Crippen molar-refractivity contribution in [3.8, 4) is 0 Å². The Morgan fingerprint density at radius 1 is 1.33 bits per heavy atom. The molecule has 0 aromatic rings. The lowest BCUT2D eigenvalue weighted by molar-refractivity contribution is -0.134. The zero-order chi connectivity index (χ0) is 13.0. The molecule has 4 heteroatoms. The molecule has 0 radical (unpaired) electrons. The first-order valence-electron chi connectivity index (χ1n) is 7.38. The van der Waals surface area contributed by atoms with Crippen LogP contribution < -0.4 is 10.6 Å². The van der Waals surface area contributed by atoms with Gasteiger partial charge in [0.15, 0.2) is 0 Å². The lowest BCUT2D eigenvalue weighted by atomic mass is 9.75. The molecule has 1 heterocycles. The summed E-state index contributed by atoms with van der Waals surface area (Å²) >= 11 is 0. The molecule has 4 nitrogen and oxygen atoms in total. The number of carbonyl (C=O) groups is 1. The number of carbonyl (C=O) groups excluding carboxylic acids is 1. The Morgan fingerprint density at radius 3 is 2.61 bits per heavy atom. The first-order valence-corrected chi connectivity index (χ1v) is 7.38. The van der Waals surface area contributed by atoms with Crippen LogP contribution in [-0.4, -0.2) is 36.2 Å². The van der Waals surface area contributed by atoms with Gasteiger partial charge in [0.25, 0.3) is 0 Å². The SMILES string of the molecule is CCC1(C(=O)NC2CCCCC2O)CCNCC1. The lowest BCUT2D eigenvalue weighted by Gasteiger charge is -2.38. The Balaban J connectivity index is 1.96. The topological polar surface area (TPSA) is 61.4 Å². The van der Waals surface area contributed by atoms with Crippen molar-refractivity contribution in [1.29, 1.82) is 0 Å². The number of piperidine rings is 1. The Morgan fingerprint density at radius 2 is 2.00 bits per heavy atom. The highest BCUT2D eigenvalue weighted by atomic mass is 16.3. The Bertz CT molecular complexity index is 288. The van der Waals surface area contributed by atoms with Gasteiger partial charge in [0.1, 0.15) is 0 Å². The summed E-state index contributed by atoms with van der Waals surface area (Å²) in [5.41, 5.74) is -0.206. The molecule has 0 bridgehead atoms. The molecule has 0 aromatic carbocycles. The zero-order valence-corrected chi connectivity index (χ0v) is 11.4. The third kappa shape index (κ3) is 2.86. The molecule has 2 atom stereocenters. The first kappa shape index (κ1) is 13.8. The quantitative estimate of drug-likeness (QED) is 0.709. The van der Waals surface area contributed by atoms with E-state index in [1.54, 1.807) is 0 Å². The molecule has 2 aliphatic rings. The fraction of sp³-hybridized carbons (Fsp3) is 0.929. The van der Waals surface area contributed by atoms with Crippen LogP contribution in [0.25, 0.3) is 0 Å². The van der Waals surface area contributed by atoms with Gasteiger partial charge in [-0.25, -0.2) is 0 Å². The molecule has 1 aliphatic carbocycles. The predicted molar refractivity (Wildman–Crippen MR) is 71.2 cm³/mol. The largest absolute Gasteiger partial charge is 0.391 e. The van der Waals surface area contributed by atoms with Crippen LogP contribution in [0.2, 0.25) is 0 Å². The number of hydrogen-bond acceptors (Lipinski definition) is 3. The van der Waals surface area contributed by atoms with E-state index in [9.17, 15) is 9.90 Å². The lowest BCUT2D eigenvalue weighted by Crippen LogP contribution is -2.53. The highest BCUT2D eigenvalue weighted by Crippen LogP contribution is 2.33. The van der Waals surface area contributed by atoms with Gasteiger partial charge in [-0.05, 0) is 45.2 Å². The van der Waals surface area contributed by atoms with Gasteiger partial charge >= 0.3 is 0 Å². The van der Waals surface area contributed by atoms with Gasteiger partial charge in [0.2, 0.25) is 5.91 Å². The summed E-state index contributed by atoms with van der Waals surface area (Å²) < 4.78 is 0. The Labute approximate surface area is 110 Å². The smallest absolute Gasteiger partial charge is 0.226 e. The van der Waals surface area contributed by atoms with E-state index in [0.29, 0.717) is 0 Å². The molecule has 2 fully saturated rings. The number of nitrogens with one attached hydrogen (secondary N) is 2. The minimum Gasteiger partial charge on any atom is -0.391 e. The molecular formula is C14H26N2O2. The summed E-state index contributed by atoms with van der Waals surface area (Å²) in [5.74, 6) is 0.164. The fourth-order valence-electron chi connectivity index (χ4n) is 3.25. The van der Waals surface area contributed by atoms with Gasteiger partial charge in [0.05, 0.1) is 17.6 Å². The maximum Gasteiger partial charge on any atom is 0.226 e. The Kier molecular flexibility index (Phi) is 4.62. The van der Waals surface area contributed by atoms with E-state index in [1.165, 1.54) is 0 Å². The molecule has 1 aliphatic heterocycles. The van der Waals surface area contributed by atoms with Crippen molar-refractivity contribution in [2.75, 3.05) is 13.1 Å². The van der Waals surface area contributed by atoms with Gasteiger partial charge in [-0.3, -0.25) is 4.79 Å². The van der Waals surface area contributed by atoms with Gasteiger partial charge in [-0.1, -0.05) is 19.8 Å². The summed E-state index contributed by atoms with van der Waals surface area (Å²) in [6, 6.07) is -0.0236. The molecule has 0 aromatic heterocycles. The van der Waals surface area contributed by atoms with E-state index in [-0.39, 0.29) is 23.5 Å². The number of hydrogen-bond donors (Lipinski definition) is 3. The normalized spacial score (nSPS) is 31.9. The molecule has 104 valence electrons. The van der Waals surface area contributed by atoms with Crippen LogP contribution in [0.15, 0.2) is 0 Å². The maximum atomic E-state index is 12.5. The number of aliphatic hydroxyl groups is 1. The van der Waals surface area contributed by atoms with Crippen LogP contribution in [-0.2, 0) is 4.79 Å².